The van der Waals surface area contributed by atoms with Gasteiger partial charge in [0, 0.05) is 12.2 Å². The van der Waals surface area contributed by atoms with E-state index in [1.807, 2.05) is 11.0 Å². The molecular formula is C13H13ClN2O3. The molecule has 0 aromatic heterocycles. The summed E-state index contributed by atoms with van der Waals surface area (Å²) in [5.74, 6) is -0.861. The minimum absolute atomic E-state index is 0.0115. The zero-order chi connectivity index (χ0) is 13.8. The maximum Gasteiger partial charge on any atom is 0.305 e. The molecule has 1 atom stereocenters. The van der Waals surface area contributed by atoms with Crippen LogP contribution in [0.15, 0.2) is 18.2 Å². The number of anilines is 1. The van der Waals surface area contributed by atoms with E-state index in [-0.39, 0.29) is 12.5 Å². The summed E-state index contributed by atoms with van der Waals surface area (Å²) in [7, 11) is 0. The first-order valence-corrected chi connectivity index (χ1v) is 6.25. The topological polar surface area (TPSA) is 73.6 Å². The molecule has 0 amide bonds. The van der Waals surface area contributed by atoms with Gasteiger partial charge in [-0.3, -0.25) is 4.79 Å². The van der Waals surface area contributed by atoms with E-state index in [9.17, 15) is 4.79 Å². The molecule has 19 heavy (non-hydrogen) atoms. The number of morpholine rings is 1. The van der Waals surface area contributed by atoms with Crippen molar-refractivity contribution in [2.75, 3.05) is 24.7 Å². The number of halogens is 1. The predicted molar refractivity (Wildman–Crippen MR) is 70.4 cm³/mol. The van der Waals surface area contributed by atoms with Crippen LogP contribution in [0.25, 0.3) is 0 Å². The number of ether oxygens (including phenoxy) is 1. The number of nitriles is 1. The first-order chi connectivity index (χ1) is 9.11. The Morgan fingerprint density at radius 2 is 2.42 bits per heavy atom. The van der Waals surface area contributed by atoms with Crippen LogP contribution in [0.1, 0.15) is 12.0 Å². The summed E-state index contributed by atoms with van der Waals surface area (Å²) < 4.78 is 5.32. The first-order valence-electron chi connectivity index (χ1n) is 5.87. The summed E-state index contributed by atoms with van der Waals surface area (Å²) >= 11 is 6.01. The second kappa shape index (κ2) is 5.91. The van der Waals surface area contributed by atoms with Gasteiger partial charge < -0.3 is 14.7 Å². The van der Waals surface area contributed by atoms with E-state index >= 15 is 0 Å². The molecular weight excluding hydrogens is 268 g/mol. The van der Waals surface area contributed by atoms with E-state index in [1.165, 1.54) is 0 Å². The van der Waals surface area contributed by atoms with Crippen molar-refractivity contribution in [1.29, 1.82) is 5.26 Å². The lowest BCUT2D eigenvalue weighted by atomic mass is 10.1. The van der Waals surface area contributed by atoms with Crippen molar-refractivity contribution in [3.05, 3.63) is 28.8 Å². The number of hydrogen-bond donors (Lipinski definition) is 1. The van der Waals surface area contributed by atoms with Crippen molar-refractivity contribution in [2.24, 2.45) is 0 Å². The van der Waals surface area contributed by atoms with Gasteiger partial charge in [-0.1, -0.05) is 11.6 Å². The van der Waals surface area contributed by atoms with Crippen LogP contribution in [0.3, 0.4) is 0 Å². The molecule has 1 aromatic carbocycles. The maximum absolute atomic E-state index is 10.9. The fourth-order valence-corrected chi connectivity index (χ4v) is 2.36. The molecule has 2 rings (SSSR count). The van der Waals surface area contributed by atoms with Gasteiger partial charge in [-0.05, 0) is 18.2 Å². The van der Waals surface area contributed by atoms with Crippen molar-refractivity contribution in [3.63, 3.8) is 0 Å². The zero-order valence-corrected chi connectivity index (χ0v) is 10.9. The molecule has 1 aromatic rings. The largest absolute Gasteiger partial charge is 0.481 e. The number of carboxylic acid groups (broad SMARTS) is 1. The van der Waals surface area contributed by atoms with Crippen molar-refractivity contribution in [3.8, 4) is 6.07 Å². The number of carbonyl (C=O) groups is 1. The monoisotopic (exact) mass is 280 g/mol. The van der Waals surface area contributed by atoms with Gasteiger partial charge in [0.15, 0.2) is 0 Å². The van der Waals surface area contributed by atoms with Crippen LogP contribution in [0.5, 0.6) is 0 Å². The molecule has 0 saturated carbocycles. The van der Waals surface area contributed by atoms with E-state index in [0.717, 1.165) is 5.69 Å². The maximum atomic E-state index is 10.9. The Hall–Kier alpha value is -1.77. The summed E-state index contributed by atoms with van der Waals surface area (Å²) in [6.07, 6.45) is 0.0115. The predicted octanol–water partition coefficient (Wildman–Crippen LogP) is 1.89. The number of benzene rings is 1. The van der Waals surface area contributed by atoms with Gasteiger partial charge in [-0.25, -0.2) is 0 Å². The van der Waals surface area contributed by atoms with E-state index in [4.69, 9.17) is 26.7 Å². The molecule has 6 heteroatoms. The van der Waals surface area contributed by atoms with Gasteiger partial charge in [-0.15, -0.1) is 0 Å². The third-order valence-electron chi connectivity index (χ3n) is 3.04. The zero-order valence-electron chi connectivity index (χ0n) is 10.2. The lowest BCUT2D eigenvalue weighted by Gasteiger charge is -2.36. The Morgan fingerprint density at radius 1 is 1.63 bits per heavy atom. The highest BCUT2D eigenvalue weighted by atomic mass is 35.5. The third kappa shape index (κ3) is 3.16. The molecule has 1 unspecified atom stereocenters. The smallest absolute Gasteiger partial charge is 0.305 e. The lowest BCUT2D eigenvalue weighted by Crippen LogP contribution is -2.46. The van der Waals surface area contributed by atoms with Crippen LogP contribution >= 0.6 is 11.6 Å². The number of nitrogens with zero attached hydrogens (tertiary/aromatic N) is 2. The molecule has 1 heterocycles. The number of rotatable bonds is 3. The highest BCUT2D eigenvalue weighted by Crippen LogP contribution is 2.26. The summed E-state index contributed by atoms with van der Waals surface area (Å²) in [5.41, 5.74) is 1.23. The third-order valence-corrected chi connectivity index (χ3v) is 3.36. The Bertz CT molecular complexity index is 527. The minimum atomic E-state index is -0.861. The van der Waals surface area contributed by atoms with Crippen molar-refractivity contribution < 1.29 is 14.6 Å². The number of aliphatic carboxylic acids is 1. The number of hydrogen-bond acceptors (Lipinski definition) is 4. The highest BCUT2D eigenvalue weighted by molar-refractivity contribution is 6.32. The van der Waals surface area contributed by atoms with E-state index in [0.29, 0.717) is 30.3 Å². The summed E-state index contributed by atoms with van der Waals surface area (Å²) in [5, 5.41) is 18.1. The quantitative estimate of drug-likeness (QED) is 0.915. The highest BCUT2D eigenvalue weighted by Gasteiger charge is 2.25. The van der Waals surface area contributed by atoms with Gasteiger partial charge in [0.1, 0.15) is 6.07 Å². The summed E-state index contributed by atoms with van der Waals surface area (Å²) in [6, 6.07) is 6.91. The average molecular weight is 281 g/mol. The lowest BCUT2D eigenvalue weighted by molar-refractivity contribution is -0.138. The van der Waals surface area contributed by atoms with Gasteiger partial charge in [-0.2, -0.15) is 5.26 Å². The Labute approximate surface area is 116 Å². The van der Waals surface area contributed by atoms with Crippen LogP contribution in [0.4, 0.5) is 5.69 Å². The molecule has 0 radical (unpaired) electrons. The fraction of sp³-hybridized carbons (Fsp3) is 0.385. The average Bonchev–Trinajstić information content (AvgIpc) is 2.38. The van der Waals surface area contributed by atoms with E-state index < -0.39 is 5.97 Å². The van der Waals surface area contributed by atoms with Crippen LogP contribution in [-0.2, 0) is 9.53 Å². The molecule has 5 nitrogen and oxygen atoms in total. The van der Waals surface area contributed by atoms with Crippen molar-refractivity contribution in [2.45, 2.75) is 12.5 Å². The summed E-state index contributed by atoms with van der Waals surface area (Å²) in [6.45, 7) is 1.54. The summed E-state index contributed by atoms with van der Waals surface area (Å²) in [4.78, 5) is 12.8. The van der Waals surface area contributed by atoms with Crippen molar-refractivity contribution >= 4 is 23.3 Å². The molecule has 0 spiro atoms. The first kappa shape index (κ1) is 13.7. The van der Waals surface area contributed by atoms with Crippen LogP contribution in [0.2, 0.25) is 5.02 Å². The van der Waals surface area contributed by atoms with Gasteiger partial charge in [0.25, 0.3) is 0 Å². The molecule has 1 aliphatic heterocycles. The Kier molecular flexibility index (Phi) is 4.25. The fourth-order valence-electron chi connectivity index (χ4n) is 2.14. The Morgan fingerprint density at radius 3 is 3.05 bits per heavy atom. The molecule has 1 saturated heterocycles. The Balaban J connectivity index is 2.25. The molecule has 1 aliphatic rings. The molecule has 0 bridgehead atoms. The van der Waals surface area contributed by atoms with E-state index in [2.05, 4.69) is 0 Å². The second-order valence-electron chi connectivity index (χ2n) is 4.30. The molecule has 100 valence electrons. The van der Waals surface area contributed by atoms with Gasteiger partial charge in [0.2, 0.25) is 0 Å². The standard InChI is InChI=1S/C13H13ClN2O3/c14-12-5-10(2-1-9(12)7-15)16-3-4-19-8-11(16)6-13(17)18/h1-2,5,11H,3-4,6,8H2,(H,17,18). The van der Waals surface area contributed by atoms with Crippen LogP contribution in [-0.4, -0.2) is 36.9 Å². The normalized spacial score (nSPS) is 18.9. The van der Waals surface area contributed by atoms with Gasteiger partial charge in [0.05, 0.1) is 36.3 Å². The molecule has 1 fully saturated rings. The molecule has 1 N–H and O–H groups in total. The second-order valence-corrected chi connectivity index (χ2v) is 4.70. The van der Waals surface area contributed by atoms with Gasteiger partial charge >= 0.3 is 5.97 Å². The van der Waals surface area contributed by atoms with Crippen LogP contribution in [0, 0.1) is 11.3 Å². The molecule has 0 aliphatic carbocycles. The minimum Gasteiger partial charge on any atom is -0.481 e. The SMILES string of the molecule is N#Cc1ccc(N2CCOCC2CC(=O)O)cc1Cl. The number of carboxylic acids is 1. The van der Waals surface area contributed by atoms with Crippen molar-refractivity contribution in [1.82, 2.24) is 0 Å². The van der Waals surface area contributed by atoms with Crippen LogP contribution < -0.4 is 4.90 Å². The van der Waals surface area contributed by atoms with E-state index in [1.54, 1.807) is 18.2 Å².